The summed E-state index contributed by atoms with van der Waals surface area (Å²) in [5.74, 6) is 1.31. The van der Waals surface area contributed by atoms with Crippen LogP contribution >= 0.6 is 23.9 Å². The molecule has 0 heterocycles. The molecule has 0 N–H and O–H groups in total. The largest absolute Gasteiger partial charge is 0.0622 e. The molecule has 3 aromatic rings. The van der Waals surface area contributed by atoms with Crippen molar-refractivity contribution >= 4 is 34.5 Å². The van der Waals surface area contributed by atoms with E-state index >= 15 is 0 Å². The fourth-order valence-corrected chi connectivity index (χ4v) is 8.58. The smallest absolute Gasteiger partial charge is 0.0210 e. The van der Waals surface area contributed by atoms with Gasteiger partial charge in [0.2, 0.25) is 0 Å². The van der Waals surface area contributed by atoms with Crippen molar-refractivity contribution < 1.29 is 0 Å². The number of hydrogen-bond donors (Lipinski definition) is 0. The zero-order valence-corrected chi connectivity index (χ0v) is 18.2. The van der Waals surface area contributed by atoms with E-state index < -0.39 is 0 Å². The first kappa shape index (κ1) is 18.9. The molecule has 0 aliphatic heterocycles. The molecule has 2 unspecified atom stereocenters. The maximum atomic E-state index is 3.80. The van der Waals surface area contributed by atoms with Gasteiger partial charge in [0.25, 0.3) is 0 Å². The molecule has 1 saturated carbocycles. The molecular formula is C25H26BrP. The Morgan fingerprint density at radius 1 is 0.778 bits per heavy atom. The van der Waals surface area contributed by atoms with Crippen molar-refractivity contribution in [1.82, 2.24) is 0 Å². The molecular weight excluding hydrogens is 411 g/mol. The van der Waals surface area contributed by atoms with E-state index in [-0.39, 0.29) is 7.92 Å². The van der Waals surface area contributed by atoms with Crippen molar-refractivity contribution in [3.8, 4) is 0 Å². The summed E-state index contributed by atoms with van der Waals surface area (Å²) in [7, 11) is -0.339. The first-order valence-corrected chi connectivity index (χ1v) is 12.1. The summed E-state index contributed by atoms with van der Waals surface area (Å²) in [6, 6.07) is 31.3. The Hall–Kier alpha value is -1.43. The second-order valence-corrected chi connectivity index (χ2v) is 10.8. The van der Waals surface area contributed by atoms with Crippen LogP contribution in [0.15, 0.2) is 89.4 Å². The predicted octanol–water partition coefficient (Wildman–Crippen LogP) is 6.85. The minimum Gasteiger partial charge on any atom is -0.0622 e. The lowest BCUT2D eigenvalue weighted by Gasteiger charge is -2.34. The van der Waals surface area contributed by atoms with Crippen molar-refractivity contribution in [3.05, 3.63) is 95.0 Å². The Labute approximate surface area is 172 Å². The minimum absolute atomic E-state index is 0.339. The van der Waals surface area contributed by atoms with Crippen molar-refractivity contribution in [2.45, 2.75) is 37.8 Å². The molecule has 0 amide bonds. The van der Waals surface area contributed by atoms with Crippen LogP contribution in [0.1, 0.15) is 37.7 Å². The molecule has 0 saturated heterocycles. The number of hydrogen-bond acceptors (Lipinski definition) is 0. The van der Waals surface area contributed by atoms with Crippen molar-refractivity contribution in [2.75, 3.05) is 0 Å². The van der Waals surface area contributed by atoms with Crippen LogP contribution in [0.2, 0.25) is 0 Å². The summed E-state index contributed by atoms with van der Waals surface area (Å²) in [6.45, 7) is 2.44. The van der Waals surface area contributed by atoms with Gasteiger partial charge in [-0.2, -0.15) is 0 Å². The Balaban J connectivity index is 1.72. The molecule has 0 radical (unpaired) electrons. The second kappa shape index (κ2) is 8.72. The fraction of sp³-hybridized carbons (Fsp3) is 0.280. The van der Waals surface area contributed by atoms with E-state index in [0.717, 1.165) is 11.6 Å². The summed E-state index contributed by atoms with van der Waals surface area (Å²) in [4.78, 5) is 0. The molecule has 138 valence electrons. The van der Waals surface area contributed by atoms with Gasteiger partial charge in [0.15, 0.2) is 0 Å². The van der Waals surface area contributed by atoms with Crippen LogP contribution in [0.5, 0.6) is 0 Å². The zero-order chi connectivity index (χ0) is 18.6. The zero-order valence-electron chi connectivity index (χ0n) is 15.8. The lowest BCUT2D eigenvalue weighted by molar-refractivity contribution is 0.466. The highest BCUT2D eigenvalue weighted by atomic mass is 79.9. The first-order valence-electron chi connectivity index (χ1n) is 9.89. The summed E-state index contributed by atoms with van der Waals surface area (Å²) in [6.07, 6.45) is 4.03. The van der Waals surface area contributed by atoms with Crippen molar-refractivity contribution in [3.63, 3.8) is 0 Å². The predicted molar refractivity (Wildman–Crippen MR) is 123 cm³/mol. The highest BCUT2D eigenvalue weighted by molar-refractivity contribution is 9.10. The standard InChI is InChI=1S/C25H26BrP/c1-19(22-15-8-9-17-24(22)26)23-16-10-18-25(23)27(20-11-4-2-5-12-20)21-13-6-3-7-14-21/h2-9,11-15,17,19,23,25H,10,16,18H2,1H3/t19-,23?,25?/m0/s1. The normalized spacial score (nSPS) is 20.7. The SMILES string of the molecule is C[C@@H](c1ccccc1Br)C1CCCC1P(c1ccccc1)c1ccccc1. The molecule has 1 aliphatic rings. The molecule has 3 aromatic carbocycles. The van der Waals surface area contributed by atoms with E-state index in [1.54, 1.807) is 0 Å². The van der Waals surface area contributed by atoms with Gasteiger partial charge in [-0.3, -0.25) is 0 Å². The van der Waals surface area contributed by atoms with Gasteiger partial charge in [-0.25, -0.2) is 0 Å². The number of halogens is 1. The maximum absolute atomic E-state index is 3.80. The molecule has 0 nitrogen and oxygen atoms in total. The van der Waals surface area contributed by atoms with E-state index in [2.05, 4.69) is 108 Å². The molecule has 27 heavy (non-hydrogen) atoms. The average Bonchev–Trinajstić information content (AvgIpc) is 3.19. The number of rotatable bonds is 5. The molecule has 3 atom stereocenters. The molecule has 4 rings (SSSR count). The second-order valence-electron chi connectivity index (χ2n) is 7.51. The lowest BCUT2D eigenvalue weighted by atomic mass is 9.86. The Kier molecular flexibility index (Phi) is 6.11. The quantitative estimate of drug-likeness (QED) is 0.383. The van der Waals surface area contributed by atoms with Gasteiger partial charge in [-0.1, -0.05) is 108 Å². The minimum atomic E-state index is -0.339. The fourth-order valence-electron chi connectivity index (χ4n) is 4.66. The van der Waals surface area contributed by atoms with Crippen LogP contribution in [-0.4, -0.2) is 5.66 Å². The maximum Gasteiger partial charge on any atom is 0.0210 e. The van der Waals surface area contributed by atoms with E-state index in [1.165, 1.54) is 39.9 Å². The van der Waals surface area contributed by atoms with E-state index in [1.807, 2.05) is 0 Å². The van der Waals surface area contributed by atoms with Gasteiger partial charge < -0.3 is 0 Å². The third-order valence-corrected chi connectivity index (χ3v) is 9.71. The highest BCUT2D eigenvalue weighted by Crippen LogP contribution is 2.54. The van der Waals surface area contributed by atoms with E-state index in [0.29, 0.717) is 5.92 Å². The molecule has 0 aromatic heterocycles. The highest BCUT2D eigenvalue weighted by Gasteiger charge is 2.38. The molecule has 0 bridgehead atoms. The van der Waals surface area contributed by atoms with Crippen LogP contribution in [0.25, 0.3) is 0 Å². The van der Waals surface area contributed by atoms with Gasteiger partial charge in [-0.15, -0.1) is 0 Å². The number of benzene rings is 3. The molecule has 0 spiro atoms. The molecule has 2 heteroatoms. The summed E-state index contributed by atoms with van der Waals surface area (Å²) < 4.78 is 1.26. The summed E-state index contributed by atoms with van der Waals surface area (Å²) in [5.41, 5.74) is 2.21. The monoisotopic (exact) mass is 436 g/mol. The third kappa shape index (κ3) is 4.05. The van der Waals surface area contributed by atoms with Crippen LogP contribution < -0.4 is 10.6 Å². The molecule has 1 fully saturated rings. The Morgan fingerprint density at radius 2 is 1.33 bits per heavy atom. The van der Waals surface area contributed by atoms with E-state index in [4.69, 9.17) is 0 Å². The average molecular weight is 437 g/mol. The summed E-state index contributed by atoms with van der Waals surface area (Å²) >= 11 is 3.80. The van der Waals surface area contributed by atoms with Gasteiger partial charge in [0.05, 0.1) is 0 Å². The Morgan fingerprint density at radius 3 is 1.93 bits per heavy atom. The first-order chi connectivity index (χ1) is 13.3. The molecule has 1 aliphatic carbocycles. The van der Waals surface area contributed by atoms with Crippen LogP contribution in [0.3, 0.4) is 0 Å². The Bertz CT molecular complexity index is 822. The van der Waals surface area contributed by atoms with Crippen LogP contribution in [0.4, 0.5) is 0 Å². The summed E-state index contributed by atoms with van der Waals surface area (Å²) in [5, 5.41) is 3.05. The van der Waals surface area contributed by atoms with E-state index in [9.17, 15) is 0 Å². The van der Waals surface area contributed by atoms with Crippen LogP contribution in [0, 0.1) is 5.92 Å². The third-order valence-electron chi connectivity index (χ3n) is 5.97. The van der Waals surface area contributed by atoms with Crippen LogP contribution in [-0.2, 0) is 0 Å². The lowest BCUT2D eigenvalue weighted by Crippen LogP contribution is -2.27. The topological polar surface area (TPSA) is 0 Å². The van der Waals surface area contributed by atoms with Gasteiger partial charge in [-0.05, 0) is 60.5 Å². The van der Waals surface area contributed by atoms with Crippen molar-refractivity contribution in [2.24, 2.45) is 5.92 Å². The van der Waals surface area contributed by atoms with Gasteiger partial charge in [0, 0.05) is 4.47 Å². The van der Waals surface area contributed by atoms with Gasteiger partial charge in [0.1, 0.15) is 0 Å². The van der Waals surface area contributed by atoms with Crippen molar-refractivity contribution in [1.29, 1.82) is 0 Å². The van der Waals surface area contributed by atoms with Gasteiger partial charge >= 0.3 is 0 Å².